The van der Waals surface area contributed by atoms with E-state index in [2.05, 4.69) is 24.1 Å². The van der Waals surface area contributed by atoms with Crippen LogP contribution in [0.4, 0.5) is 0 Å². The number of hydrogen-bond acceptors (Lipinski definition) is 3. The van der Waals surface area contributed by atoms with E-state index in [-0.39, 0.29) is 0 Å². The number of piperidine rings is 1. The van der Waals surface area contributed by atoms with E-state index >= 15 is 0 Å². The second-order valence-electron chi connectivity index (χ2n) is 5.26. The van der Waals surface area contributed by atoms with Crippen molar-refractivity contribution in [1.82, 2.24) is 10.2 Å². The van der Waals surface area contributed by atoms with E-state index in [4.69, 9.17) is 4.74 Å². The van der Waals surface area contributed by atoms with Crippen molar-refractivity contribution in [1.29, 1.82) is 0 Å². The van der Waals surface area contributed by atoms with Crippen LogP contribution >= 0.6 is 0 Å². The Balaban J connectivity index is 2.24. The van der Waals surface area contributed by atoms with Crippen LogP contribution in [0, 0.1) is 5.92 Å². The number of hydrogen-bond donors (Lipinski definition) is 1. The number of ether oxygens (including phenoxy) is 1. The van der Waals surface area contributed by atoms with Crippen LogP contribution in [-0.4, -0.2) is 50.8 Å². The molecule has 102 valence electrons. The van der Waals surface area contributed by atoms with Crippen LogP contribution in [0.25, 0.3) is 0 Å². The number of nitrogens with zero attached hydrogens (tertiary/aromatic N) is 1. The molecule has 1 unspecified atom stereocenters. The largest absolute Gasteiger partial charge is 0.383 e. The first-order valence-corrected chi connectivity index (χ1v) is 7.24. The number of likely N-dealkylation sites (tertiary alicyclic amines) is 1. The molecule has 0 aromatic rings. The molecule has 3 heteroatoms. The van der Waals surface area contributed by atoms with Crippen molar-refractivity contribution in [3.8, 4) is 0 Å². The van der Waals surface area contributed by atoms with Crippen molar-refractivity contribution < 1.29 is 4.74 Å². The monoisotopic (exact) mass is 242 g/mol. The predicted octanol–water partition coefficient (Wildman–Crippen LogP) is 2.12. The van der Waals surface area contributed by atoms with Gasteiger partial charge in [-0.2, -0.15) is 0 Å². The quantitative estimate of drug-likeness (QED) is 0.705. The second kappa shape index (κ2) is 8.90. The summed E-state index contributed by atoms with van der Waals surface area (Å²) < 4.78 is 5.30. The van der Waals surface area contributed by atoms with Gasteiger partial charge in [0.25, 0.3) is 0 Å². The van der Waals surface area contributed by atoms with Gasteiger partial charge in [0.15, 0.2) is 0 Å². The summed E-state index contributed by atoms with van der Waals surface area (Å²) in [6, 6.07) is 0.498. The van der Waals surface area contributed by atoms with Crippen molar-refractivity contribution in [2.75, 3.05) is 39.9 Å². The molecule has 1 rings (SSSR count). The first-order chi connectivity index (χ1) is 8.30. The molecule has 1 heterocycles. The van der Waals surface area contributed by atoms with E-state index in [0.717, 1.165) is 25.6 Å². The van der Waals surface area contributed by atoms with Crippen molar-refractivity contribution in [3.05, 3.63) is 0 Å². The van der Waals surface area contributed by atoms with Gasteiger partial charge in [0.1, 0.15) is 0 Å². The summed E-state index contributed by atoms with van der Waals surface area (Å²) in [5.41, 5.74) is 0. The summed E-state index contributed by atoms with van der Waals surface area (Å²) in [4.78, 5) is 2.60. The molecule has 0 saturated carbocycles. The van der Waals surface area contributed by atoms with Crippen LogP contribution in [0.3, 0.4) is 0 Å². The van der Waals surface area contributed by atoms with E-state index in [1.807, 2.05) is 0 Å². The molecule has 1 atom stereocenters. The van der Waals surface area contributed by atoms with Crippen molar-refractivity contribution in [2.45, 2.75) is 45.6 Å². The fraction of sp³-hybridized carbons (Fsp3) is 1.00. The van der Waals surface area contributed by atoms with E-state index in [1.165, 1.54) is 38.8 Å². The topological polar surface area (TPSA) is 24.5 Å². The molecular formula is C14H30N2O. The third-order valence-corrected chi connectivity index (χ3v) is 3.81. The van der Waals surface area contributed by atoms with Crippen LogP contribution in [0.15, 0.2) is 0 Å². The second-order valence-corrected chi connectivity index (χ2v) is 5.26. The van der Waals surface area contributed by atoms with Gasteiger partial charge in [-0.15, -0.1) is 0 Å². The minimum atomic E-state index is 0.498. The molecule has 1 aliphatic heterocycles. The standard InChI is InChI=1S/C14H30N2O/c1-4-8-15-14(12-17-3)11-16-9-6-13(5-2)7-10-16/h13-15H,4-12H2,1-3H3. The lowest BCUT2D eigenvalue weighted by Crippen LogP contribution is -2.46. The maximum absolute atomic E-state index is 5.30. The molecule has 0 aliphatic carbocycles. The van der Waals surface area contributed by atoms with E-state index in [1.54, 1.807) is 7.11 Å². The summed E-state index contributed by atoms with van der Waals surface area (Å²) >= 11 is 0. The first kappa shape index (κ1) is 14.9. The molecule has 1 fully saturated rings. The Hall–Kier alpha value is -0.120. The Morgan fingerprint density at radius 3 is 2.53 bits per heavy atom. The minimum Gasteiger partial charge on any atom is -0.383 e. The van der Waals surface area contributed by atoms with Crippen molar-refractivity contribution in [3.63, 3.8) is 0 Å². The van der Waals surface area contributed by atoms with Crippen LogP contribution in [0.1, 0.15) is 39.5 Å². The Kier molecular flexibility index (Phi) is 7.82. The highest BCUT2D eigenvalue weighted by Crippen LogP contribution is 2.19. The van der Waals surface area contributed by atoms with E-state index in [0.29, 0.717) is 6.04 Å². The maximum Gasteiger partial charge on any atom is 0.0628 e. The zero-order valence-corrected chi connectivity index (χ0v) is 11.9. The highest BCUT2D eigenvalue weighted by Gasteiger charge is 2.20. The molecular weight excluding hydrogens is 212 g/mol. The molecule has 0 radical (unpaired) electrons. The zero-order valence-electron chi connectivity index (χ0n) is 11.9. The van der Waals surface area contributed by atoms with Gasteiger partial charge in [0.2, 0.25) is 0 Å². The zero-order chi connectivity index (χ0) is 12.5. The van der Waals surface area contributed by atoms with Crippen LogP contribution in [0.2, 0.25) is 0 Å². The maximum atomic E-state index is 5.30. The molecule has 1 saturated heterocycles. The lowest BCUT2D eigenvalue weighted by Gasteiger charge is -2.34. The normalized spacial score (nSPS) is 20.6. The van der Waals surface area contributed by atoms with Crippen molar-refractivity contribution in [2.24, 2.45) is 5.92 Å². The fourth-order valence-corrected chi connectivity index (χ4v) is 2.61. The lowest BCUT2D eigenvalue weighted by atomic mass is 9.94. The number of rotatable bonds is 8. The number of methoxy groups -OCH3 is 1. The molecule has 1 N–H and O–H groups in total. The summed E-state index contributed by atoms with van der Waals surface area (Å²) in [6.07, 6.45) is 5.30. The van der Waals surface area contributed by atoms with Gasteiger partial charge in [0.05, 0.1) is 6.61 Å². The molecule has 0 bridgehead atoms. The van der Waals surface area contributed by atoms with Crippen LogP contribution in [-0.2, 0) is 4.74 Å². The Labute approximate surface area is 107 Å². The molecule has 0 amide bonds. The van der Waals surface area contributed by atoms with Gasteiger partial charge in [-0.1, -0.05) is 20.3 Å². The average molecular weight is 242 g/mol. The molecule has 17 heavy (non-hydrogen) atoms. The lowest BCUT2D eigenvalue weighted by molar-refractivity contribution is 0.117. The van der Waals surface area contributed by atoms with E-state index < -0.39 is 0 Å². The van der Waals surface area contributed by atoms with E-state index in [9.17, 15) is 0 Å². The van der Waals surface area contributed by atoms with Crippen LogP contribution in [0.5, 0.6) is 0 Å². The third kappa shape index (κ3) is 5.84. The Morgan fingerprint density at radius 2 is 2.00 bits per heavy atom. The summed E-state index contributed by atoms with van der Waals surface area (Å²) in [6.45, 7) is 10.1. The third-order valence-electron chi connectivity index (χ3n) is 3.81. The smallest absolute Gasteiger partial charge is 0.0628 e. The Morgan fingerprint density at radius 1 is 1.29 bits per heavy atom. The molecule has 0 aromatic heterocycles. The molecule has 3 nitrogen and oxygen atoms in total. The summed E-state index contributed by atoms with van der Waals surface area (Å²) in [5.74, 6) is 0.968. The van der Waals surface area contributed by atoms with Gasteiger partial charge in [-0.3, -0.25) is 0 Å². The van der Waals surface area contributed by atoms with Gasteiger partial charge in [0, 0.05) is 19.7 Å². The summed E-state index contributed by atoms with van der Waals surface area (Å²) in [7, 11) is 1.80. The highest BCUT2D eigenvalue weighted by atomic mass is 16.5. The van der Waals surface area contributed by atoms with Crippen LogP contribution < -0.4 is 5.32 Å². The van der Waals surface area contributed by atoms with Gasteiger partial charge in [-0.25, -0.2) is 0 Å². The average Bonchev–Trinajstić information content (AvgIpc) is 2.37. The minimum absolute atomic E-state index is 0.498. The van der Waals surface area contributed by atoms with Gasteiger partial charge in [-0.05, 0) is 44.8 Å². The van der Waals surface area contributed by atoms with Crippen molar-refractivity contribution >= 4 is 0 Å². The molecule has 0 spiro atoms. The fourth-order valence-electron chi connectivity index (χ4n) is 2.61. The van der Waals surface area contributed by atoms with Gasteiger partial charge >= 0.3 is 0 Å². The summed E-state index contributed by atoms with van der Waals surface area (Å²) in [5, 5.41) is 3.58. The SMILES string of the molecule is CCCNC(COC)CN1CCC(CC)CC1. The number of nitrogens with one attached hydrogen (secondary N) is 1. The highest BCUT2D eigenvalue weighted by molar-refractivity contribution is 4.77. The van der Waals surface area contributed by atoms with Gasteiger partial charge < -0.3 is 15.0 Å². The first-order valence-electron chi connectivity index (χ1n) is 7.24. The molecule has 1 aliphatic rings. The predicted molar refractivity (Wildman–Crippen MR) is 73.4 cm³/mol. The Bertz CT molecular complexity index is 179. The molecule has 0 aromatic carbocycles.